The number of alkyl halides is 3. The van der Waals surface area contributed by atoms with E-state index in [9.17, 15) is 18.0 Å². The van der Waals surface area contributed by atoms with E-state index in [1.807, 2.05) is 0 Å². The van der Waals surface area contributed by atoms with Crippen molar-refractivity contribution >= 4 is 5.91 Å². The molecule has 0 radical (unpaired) electrons. The van der Waals surface area contributed by atoms with Crippen molar-refractivity contribution in [3.63, 3.8) is 0 Å². The number of halogens is 3. The molecule has 0 aromatic carbocycles. The van der Waals surface area contributed by atoms with E-state index in [0.717, 1.165) is 17.7 Å². The van der Waals surface area contributed by atoms with Crippen LogP contribution in [0.15, 0.2) is 0 Å². The number of hydrogen-bond acceptors (Lipinski definition) is 3. The fourth-order valence-electron chi connectivity index (χ4n) is 2.46. The molecular formula is C12H19F3N2O2. The van der Waals surface area contributed by atoms with E-state index in [2.05, 4.69) is 0 Å². The molecular weight excluding hydrogens is 261 g/mol. The third kappa shape index (κ3) is 3.39. The fraction of sp³-hybridized carbons (Fsp3) is 0.917. The predicted octanol–water partition coefficient (Wildman–Crippen LogP) is 1.29. The van der Waals surface area contributed by atoms with Crippen LogP contribution in [-0.4, -0.2) is 48.3 Å². The van der Waals surface area contributed by atoms with E-state index in [1.165, 1.54) is 0 Å². The number of nitrogens with two attached hydrogens (primary N) is 1. The molecule has 2 aliphatic rings. The molecule has 0 aromatic heterocycles. The van der Waals surface area contributed by atoms with E-state index < -0.39 is 30.2 Å². The normalized spacial score (nSPS) is 29.3. The Morgan fingerprint density at radius 2 is 2.16 bits per heavy atom. The van der Waals surface area contributed by atoms with Crippen LogP contribution in [0.4, 0.5) is 13.2 Å². The molecule has 1 aliphatic heterocycles. The number of hydrogen-bond donors (Lipinski definition) is 1. The SMILES string of the molecule is CC(C1CC1)N(CC(F)(F)F)C(=O)C1(N)CCOC1. The van der Waals surface area contributed by atoms with Crippen LogP contribution in [0.5, 0.6) is 0 Å². The third-order valence-corrected chi connectivity index (χ3v) is 3.88. The van der Waals surface area contributed by atoms with Gasteiger partial charge in [0.25, 0.3) is 0 Å². The Hall–Kier alpha value is -0.820. The zero-order chi connectivity index (χ0) is 14.3. The second-order valence-electron chi connectivity index (χ2n) is 5.58. The molecule has 1 saturated carbocycles. The van der Waals surface area contributed by atoms with Crippen LogP contribution in [0, 0.1) is 5.92 Å². The topological polar surface area (TPSA) is 55.6 Å². The Bertz CT molecular complexity index is 349. The van der Waals surface area contributed by atoms with Crippen molar-refractivity contribution in [1.82, 2.24) is 4.90 Å². The first-order valence-corrected chi connectivity index (χ1v) is 6.47. The molecule has 4 nitrogen and oxygen atoms in total. The van der Waals surface area contributed by atoms with Gasteiger partial charge < -0.3 is 15.4 Å². The maximum absolute atomic E-state index is 12.7. The molecule has 1 amide bonds. The molecule has 2 atom stereocenters. The van der Waals surface area contributed by atoms with Crippen LogP contribution in [0.25, 0.3) is 0 Å². The summed E-state index contributed by atoms with van der Waals surface area (Å²) in [5.41, 5.74) is 4.60. The monoisotopic (exact) mass is 280 g/mol. The maximum atomic E-state index is 12.7. The molecule has 2 rings (SSSR count). The quantitative estimate of drug-likeness (QED) is 0.844. The van der Waals surface area contributed by atoms with Gasteiger partial charge in [-0.15, -0.1) is 0 Å². The molecule has 0 bridgehead atoms. The lowest BCUT2D eigenvalue weighted by atomic mass is 9.96. The Labute approximate surface area is 110 Å². The zero-order valence-corrected chi connectivity index (χ0v) is 10.9. The maximum Gasteiger partial charge on any atom is 0.406 e. The largest absolute Gasteiger partial charge is 0.406 e. The number of nitrogens with zero attached hydrogens (tertiary/aromatic N) is 1. The summed E-state index contributed by atoms with van der Waals surface area (Å²) in [6.07, 6.45) is -2.39. The van der Waals surface area contributed by atoms with Gasteiger partial charge in [0.15, 0.2) is 0 Å². The Morgan fingerprint density at radius 3 is 2.58 bits per heavy atom. The number of rotatable bonds is 4. The third-order valence-electron chi connectivity index (χ3n) is 3.88. The van der Waals surface area contributed by atoms with Crippen LogP contribution in [0.2, 0.25) is 0 Å². The lowest BCUT2D eigenvalue weighted by Crippen LogP contribution is -2.59. The van der Waals surface area contributed by atoms with Gasteiger partial charge in [0.1, 0.15) is 12.1 Å². The number of ether oxygens (including phenoxy) is 1. The second-order valence-corrected chi connectivity index (χ2v) is 5.58. The Kier molecular flexibility index (Phi) is 3.79. The van der Waals surface area contributed by atoms with Crippen LogP contribution < -0.4 is 5.73 Å². The highest BCUT2D eigenvalue weighted by Gasteiger charge is 2.47. The highest BCUT2D eigenvalue weighted by Crippen LogP contribution is 2.37. The summed E-state index contributed by atoms with van der Waals surface area (Å²) in [4.78, 5) is 13.2. The van der Waals surface area contributed by atoms with Gasteiger partial charge in [-0.2, -0.15) is 13.2 Å². The van der Waals surface area contributed by atoms with Crippen molar-refractivity contribution in [2.45, 2.75) is 43.9 Å². The molecule has 110 valence electrons. The molecule has 2 unspecified atom stereocenters. The minimum atomic E-state index is -4.41. The minimum absolute atomic E-state index is 0.00240. The average Bonchev–Trinajstić information content (AvgIpc) is 3.06. The van der Waals surface area contributed by atoms with Crippen molar-refractivity contribution in [2.75, 3.05) is 19.8 Å². The lowest BCUT2D eigenvalue weighted by Gasteiger charge is -2.35. The highest BCUT2D eigenvalue weighted by atomic mass is 19.4. The van der Waals surface area contributed by atoms with Crippen LogP contribution in [0.3, 0.4) is 0 Å². The van der Waals surface area contributed by atoms with Crippen molar-refractivity contribution in [3.05, 3.63) is 0 Å². The molecule has 1 saturated heterocycles. The van der Waals surface area contributed by atoms with Crippen LogP contribution in [0.1, 0.15) is 26.2 Å². The number of carbonyl (C=O) groups excluding carboxylic acids is 1. The smallest absolute Gasteiger partial charge is 0.379 e. The van der Waals surface area contributed by atoms with Gasteiger partial charge in [-0.25, -0.2) is 0 Å². The van der Waals surface area contributed by atoms with Gasteiger partial charge in [0.2, 0.25) is 5.91 Å². The van der Waals surface area contributed by atoms with E-state index in [0.29, 0.717) is 6.61 Å². The van der Waals surface area contributed by atoms with Gasteiger partial charge in [-0.1, -0.05) is 0 Å². The molecule has 7 heteroatoms. The fourth-order valence-corrected chi connectivity index (χ4v) is 2.46. The van der Waals surface area contributed by atoms with E-state index in [1.54, 1.807) is 6.92 Å². The van der Waals surface area contributed by atoms with Crippen LogP contribution >= 0.6 is 0 Å². The standard InChI is InChI=1S/C12H19F3N2O2/c1-8(9-2-3-9)17(6-12(13,14)15)10(18)11(16)4-5-19-7-11/h8-9H,2-7,16H2,1H3. The number of amides is 1. The summed E-state index contributed by atoms with van der Waals surface area (Å²) in [7, 11) is 0. The molecule has 2 fully saturated rings. The van der Waals surface area contributed by atoms with Crippen molar-refractivity contribution in [1.29, 1.82) is 0 Å². The Balaban J connectivity index is 2.13. The highest BCUT2D eigenvalue weighted by molar-refractivity contribution is 5.87. The first-order chi connectivity index (χ1) is 8.73. The first-order valence-electron chi connectivity index (χ1n) is 6.47. The summed E-state index contributed by atoms with van der Waals surface area (Å²) in [6.45, 7) is 0.750. The lowest BCUT2D eigenvalue weighted by molar-refractivity contribution is -0.169. The molecule has 1 aliphatic carbocycles. The van der Waals surface area contributed by atoms with Gasteiger partial charge in [-0.05, 0) is 32.1 Å². The van der Waals surface area contributed by atoms with Gasteiger partial charge in [0.05, 0.1) is 6.61 Å². The van der Waals surface area contributed by atoms with Gasteiger partial charge in [0, 0.05) is 12.6 Å². The van der Waals surface area contributed by atoms with Crippen LogP contribution in [-0.2, 0) is 9.53 Å². The molecule has 2 N–H and O–H groups in total. The molecule has 19 heavy (non-hydrogen) atoms. The van der Waals surface area contributed by atoms with E-state index >= 15 is 0 Å². The number of carbonyl (C=O) groups is 1. The summed E-state index contributed by atoms with van der Waals surface area (Å²) >= 11 is 0. The average molecular weight is 280 g/mol. The minimum Gasteiger partial charge on any atom is -0.379 e. The van der Waals surface area contributed by atoms with Gasteiger partial charge in [-0.3, -0.25) is 4.79 Å². The summed E-state index contributed by atoms with van der Waals surface area (Å²) in [6, 6.07) is -0.421. The van der Waals surface area contributed by atoms with Gasteiger partial charge >= 0.3 is 6.18 Å². The molecule has 0 aromatic rings. The van der Waals surface area contributed by atoms with E-state index in [4.69, 9.17) is 10.5 Å². The molecule has 1 heterocycles. The Morgan fingerprint density at radius 1 is 1.53 bits per heavy atom. The summed E-state index contributed by atoms with van der Waals surface area (Å²) in [5.74, 6) is -0.473. The van der Waals surface area contributed by atoms with Crippen molar-refractivity contribution in [2.24, 2.45) is 11.7 Å². The van der Waals surface area contributed by atoms with Crippen molar-refractivity contribution < 1.29 is 22.7 Å². The molecule has 0 spiro atoms. The summed E-state index contributed by atoms with van der Waals surface area (Å²) in [5, 5.41) is 0. The van der Waals surface area contributed by atoms with E-state index in [-0.39, 0.29) is 18.9 Å². The second kappa shape index (κ2) is 4.94. The summed E-state index contributed by atoms with van der Waals surface area (Å²) < 4.78 is 43.0. The zero-order valence-electron chi connectivity index (χ0n) is 10.9. The predicted molar refractivity (Wildman–Crippen MR) is 62.3 cm³/mol. The van der Waals surface area contributed by atoms with Crippen molar-refractivity contribution in [3.8, 4) is 0 Å². The first kappa shape index (κ1) is 14.6.